The van der Waals surface area contributed by atoms with Crippen molar-refractivity contribution in [3.05, 3.63) is 59.4 Å². The predicted molar refractivity (Wildman–Crippen MR) is 91.9 cm³/mol. The number of amides is 1. The zero-order valence-corrected chi connectivity index (χ0v) is 13.8. The lowest BCUT2D eigenvalue weighted by atomic mass is 10.1. The summed E-state index contributed by atoms with van der Waals surface area (Å²) in [7, 11) is 0. The Bertz CT molecular complexity index is 730. The number of hydrogen-bond acceptors (Lipinski definition) is 3. The Morgan fingerprint density at radius 3 is 2.96 bits per heavy atom. The first-order valence-corrected chi connectivity index (χ1v) is 8.76. The summed E-state index contributed by atoms with van der Waals surface area (Å²) < 4.78 is 5.78. The van der Waals surface area contributed by atoms with Gasteiger partial charge in [0.15, 0.2) is 6.61 Å². The van der Waals surface area contributed by atoms with E-state index in [9.17, 15) is 4.79 Å². The molecule has 4 rings (SSSR count). The molecule has 124 valence electrons. The second kappa shape index (κ2) is 6.63. The van der Waals surface area contributed by atoms with Gasteiger partial charge in [0, 0.05) is 12.7 Å². The molecule has 0 bridgehead atoms. The van der Waals surface area contributed by atoms with Crippen LogP contribution in [0.5, 0.6) is 5.75 Å². The van der Waals surface area contributed by atoms with Gasteiger partial charge in [-0.2, -0.15) is 0 Å². The molecular weight excluding hydrogens is 300 g/mol. The van der Waals surface area contributed by atoms with Crippen molar-refractivity contribution in [2.75, 3.05) is 13.2 Å². The van der Waals surface area contributed by atoms with Gasteiger partial charge in [0.2, 0.25) is 0 Å². The summed E-state index contributed by atoms with van der Waals surface area (Å²) in [5.74, 6) is 0.848. The molecule has 0 N–H and O–H groups in total. The molecule has 1 aromatic heterocycles. The molecule has 1 unspecified atom stereocenters. The standard InChI is InChI=1S/C20H22N2O2/c23-20(14-24-17-10-9-15-5-3-6-16(15)13-17)22-12-4-8-19(22)18-7-1-2-11-21-18/h1-2,7,9-11,13,19H,3-6,8,12,14H2. The molecule has 4 nitrogen and oxygen atoms in total. The Hall–Kier alpha value is -2.36. The van der Waals surface area contributed by atoms with Gasteiger partial charge in [0.05, 0.1) is 11.7 Å². The smallest absolute Gasteiger partial charge is 0.261 e. The molecule has 1 aromatic carbocycles. The highest BCUT2D eigenvalue weighted by atomic mass is 16.5. The van der Waals surface area contributed by atoms with Gasteiger partial charge in [-0.15, -0.1) is 0 Å². The number of rotatable bonds is 4. The predicted octanol–water partition coefficient (Wildman–Crippen LogP) is 3.31. The Labute approximate surface area is 142 Å². The molecule has 1 aliphatic heterocycles. The van der Waals surface area contributed by atoms with Gasteiger partial charge in [0.25, 0.3) is 5.91 Å². The Morgan fingerprint density at radius 1 is 1.17 bits per heavy atom. The van der Waals surface area contributed by atoms with Crippen LogP contribution in [-0.2, 0) is 17.6 Å². The summed E-state index contributed by atoms with van der Waals surface area (Å²) >= 11 is 0. The van der Waals surface area contributed by atoms with Crippen LogP contribution in [0.1, 0.15) is 42.1 Å². The monoisotopic (exact) mass is 322 g/mol. The van der Waals surface area contributed by atoms with E-state index in [1.807, 2.05) is 29.2 Å². The third kappa shape index (κ3) is 3.01. The molecule has 1 fully saturated rings. The maximum atomic E-state index is 12.6. The lowest BCUT2D eigenvalue weighted by Gasteiger charge is -2.24. The van der Waals surface area contributed by atoms with Gasteiger partial charge in [-0.05, 0) is 67.5 Å². The zero-order valence-electron chi connectivity index (χ0n) is 13.8. The lowest BCUT2D eigenvalue weighted by molar-refractivity contribution is -0.134. The summed E-state index contributed by atoms with van der Waals surface area (Å²) in [5.41, 5.74) is 3.76. The Balaban J connectivity index is 1.40. The quantitative estimate of drug-likeness (QED) is 0.867. The summed E-state index contributed by atoms with van der Waals surface area (Å²) in [6.45, 7) is 0.885. The molecule has 24 heavy (non-hydrogen) atoms. The van der Waals surface area contributed by atoms with E-state index in [1.54, 1.807) is 6.20 Å². The Kier molecular flexibility index (Phi) is 4.20. The SMILES string of the molecule is O=C(COc1ccc2c(c1)CCC2)N1CCCC1c1ccccn1. The zero-order chi connectivity index (χ0) is 16.4. The number of fused-ring (bicyclic) bond motifs is 1. The number of likely N-dealkylation sites (tertiary alicyclic amines) is 1. The van der Waals surface area contributed by atoms with Gasteiger partial charge in [-0.3, -0.25) is 9.78 Å². The van der Waals surface area contributed by atoms with Crippen LogP contribution in [0.4, 0.5) is 0 Å². The van der Waals surface area contributed by atoms with Crippen molar-refractivity contribution in [2.24, 2.45) is 0 Å². The van der Waals surface area contributed by atoms with Crippen LogP contribution < -0.4 is 4.74 Å². The number of aromatic nitrogens is 1. The second-order valence-electron chi connectivity index (χ2n) is 6.57. The first-order chi connectivity index (χ1) is 11.8. The maximum Gasteiger partial charge on any atom is 0.261 e. The van der Waals surface area contributed by atoms with E-state index >= 15 is 0 Å². The summed E-state index contributed by atoms with van der Waals surface area (Å²) in [5, 5.41) is 0. The number of ether oxygens (including phenoxy) is 1. The van der Waals surface area contributed by atoms with Gasteiger partial charge >= 0.3 is 0 Å². The molecule has 2 aromatic rings. The maximum absolute atomic E-state index is 12.6. The van der Waals surface area contributed by atoms with Gasteiger partial charge in [-0.1, -0.05) is 12.1 Å². The number of pyridine rings is 1. The molecule has 0 radical (unpaired) electrons. The number of carbonyl (C=O) groups is 1. The third-order valence-electron chi connectivity index (χ3n) is 5.03. The molecular formula is C20H22N2O2. The van der Waals surface area contributed by atoms with Gasteiger partial charge in [-0.25, -0.2) is 0 Å². The topological polar surface area (TPSA) is 42.4 Å². The minimum atomic E-state index is 0.0450. The number of nitrogens with zero attached hydrogens (tertiary/aromatic N) is 2. The van der Waals surface area contributed by atoms with Crippen LogP contribution in [0.25, 0.3) is 0 Å². The highest BCUT2D eigenvalue weighted by molar-refractivity contribution is 5.78. The van der Waals surface area contributed by atoms with Crippen LogP contribution in [0.2, 0.25) is 0 Å². The van der Waals surface area contributed by atoms with Crippen LogP contribution >= 0.6 is 0 Å². The largest absolute Gasteiger partial charge is 0.484 e. The van der Waals surface area contributed by atoms with E-state index in [1.165, 1.54) is 17.5 Å². The molecule has 1 amide bonds. The van der Waals surface area contributed by atoms with Crippen LogP contribution in [-0.4, -0.2) is 28.9 Å². The minimum absolute atomic E-state index is 0.0450. The normalized spacial score (nSPS) is 19.3. The Morgan fingerprint density at radius 2 is 2.08 bits per heavy atom. The van der Waals surface area contributed by atoms with E-state index in [4.69, 9.17) is 4.74 Å². The minimum Gasteiger partial charge on any atom is -0.484 e. The average molecular weight is 322 g/mol. The third-order valence-corrected chi connectivity index (χ3v) is 5.03. The molecule has 1 atom stereocenters. The van der Waals surface area contributed by atoms with Crippen molar-refractivity contribution >= 4 is 5.91 Å². The molecule has 4 heteroatoms. The van der Waals surface area contributed by atoms with Crippen LogP contribution in [0, 0.1) is 0 Å². The van der Waals surface area contributed by atoms with Crippen molar-refractivity contribution in [1.82, 2.24) is 9.88 Å². The van der Waals surface area contributed by atoms with Crippen molar-refractivity contribution in [3.8, 4) is 5.75 Å². The average Bonchev–Trinajstić information content (AvgIpc) is 3.29. The fourth-order valence-corrected chi connectivity index (χ4v) is 3.81. The van der Waals surface area contributed by atoms with E-state index in [0.29, 0.717) is 0 Å². The molecule has 0 saturated carbocycles. The van der Waals surface area contributed by atoms with Crippen molar-refractivity contribution in [3.63, 3.8) is 0 Å². The second-order valence-corrected chi connectivity index (χ2v) is 6.57. The number of benzene rings is 1. The number of hydrogen-bond donors (Lipinski definition) is 0. The first-order valence-electron chi connectivity index (χ1n) is 8.76. The number of aryl methyl sites for hydroxylation is 2. The summed E-state index contributed by atoms with van der Waals surface area (Å²) in [4.78, 5) is 18.9. The van der Waals surface area contributed by atoms with Crippen LogP contribution in [0.3, 0.4) is 0 Å². The fourth-order valence-electron chi connectivity index (χ4n) is 3.81. The van der Waals surface area contributed by atoms with Crippen molar-refractivity contribution in [2.45, 2.75) is 38.1 Å². The fraction of sp³-hybridized carbons (Fsp3) is 0.400. The van der Waals surface area contributed by atoms with Crippen molar-refractivity contribution < 1.29 is 9.53 Å². The van der Waals surface area contributed by atoms with Gasteiger partial charge < -0.3 is 9.64 Å². The lowest BCUT2D eigenvalue weighted by Crippen LogP contribution is -2.34. The summed E-state index contributed by atoms with van der Waals surface area (Å²) in [6, 6.07) is 12.2. The first kappa shape index (κ1) is 15.2. The van der Waals surface area contributed by atoms with Gasteiger partial charge in [0.1, 0.15) is 5.75 Å². The van der Waals surface area contributed by atoms with E-state index in [0.717, 1.165) is 43.7 Å². The van der Waals surface area contributed by atoms with E-state index in [2.05, 4.69) is 17.1 Å². The summed E-state index contributed by atoms with van der Waals surface area (Å²) in [6.07, 6.45) is 7.28. The van der Waals surface area contributed by atoms with Crippen molar-refractivity contribution in [1.29, 1.82) is 0 Å². The highest BCUT2D eigenvalue weighted by Gasteiger charge is 2.30. The van der Waals surface area contributed by atoms with E-state index < -0.39 is 0 Å². The number of carbonyl (C=O) groups excluding carboxylic acids is 1. The molecule has 0 spiro atoms. The highest BCUT2D eigenvalue weighted by Crippen LogP contribution is 2.31. The van der Waals surface area contributed by atoms with E-state index in [-0.39, 0.29) is 18.6 Å². The molecule has 2 aliphatic rings. The van der Waals surface area contributed by atoms with Crippen LogP contribution in [0.15, 0.2) is 42.6 Å². The molecule has 1 aliphatic carbocycles. The molecule has 1 saturated heterocycles. The molecule has 2 heterocycles.